The van der Waals surface area contributed by atoms with E-state index in [1.165, 1.54) is 24.3 Å². The van der Waals surface area contributed by atoms with Crippen molar-refractivity contribution >= 4 is 25.8 Å². The Morgan fingerprint density at radius 1 is 0.756 bits per heavy atom. The van der Waals surface area contributed by atoms with Crippen LogP contribution in [0.25, 0.3) is 11.1 Å². The molecule has 0 saturated carbocycles. The van der Waals surface area contributed by atoms with E-state index in [2.05, 4.69) is 4.74 Å². The second kappa shape index (κ2) is 13.2. The van der Waals surface area contributed by atoms with Crippen molar-refractivity contribution in [1.82, 2.24) is 4.31 Å². The third-order valence-corrected chi connectivity index (χ3v) is 10.9. The summed E-state index contributed by atoms with van der Waals surface area (Å²) >= 11 is 0. The maximum Gasteiger partial charge on any atom is 0.416 e. The number of halogens is 3. The number of carbonyl (C=O) groups excluding carboxylic acids is 1. The maximum absolute atomic E-state index is 14.1. The van der Waals surface area contributed by atoms with Gasteiger partial charge in [-0.3, -0.25) is 4.79 Å². The summed E-state index contributed by atoms with van der Waals surface area (Å²) in [5, 5.41) is 0. The van der Waals surface area contributed by atoms with Gasteiger partial charge in [0.1, 0.15) is 0 Å². The van der Waals surface area contributed by atoms with Crippen LogP contribution in [0.1, 0.15) is 33.4 Å². The average Bonchev–Trinajstić information content (AvgIpc) is 2.96. The highest BCUT2D eigenvalue weighted by atomic mass is 32.2. The summed E-state index contributed by atoms with van der Waals surface area (Å²) in [7, 11) is -7.01. The largest absolute Gasteiger partial charge is 0.468 e. The van der Waals surface area contributed by atoms with E-state index in [1.54, 1.807) is 62.4 Å². The quantitative estimate of drug-likeness (QED) is 0.177. The molecule has 238 valence electrons. The number of ether oxygens (including phenoxy) is 1. The molecule has 0 aliphatic heterocycles. The lowest BCUT2D eigenvalue weighted by molar-refractivity contribution is -0.138. The van der Waals surface area contributed by atoms with Crippen molar-refractivity contribution in [2.75, 3.05) is 12.9 Å². The SMILES string of the molecule is COC(=O)CS(=O)(=O)c1cccc(-c2ccc(CN(Cc3cccc(C(F)(F)F)c3)S(=O)(=O)c3c(C)cc(C)cc3C)cc2)c1. The van der Waals surface area contributed by atoms with Gasteiger partial charge in [-0.1, -0.05) is 72.3 Å². The molecule has 0 unspecified atom stereocenters. The lowest BCUT2D eigenvalue weighted by Gasteiger charge is -2.25. The van der Waals surface area contributed by atoms with Crippen LogP contribution in [0.4, 0.5) is 13.2 Å². The third kappa shape index (κ3) is 7.99. The molecular weight excluding hydrogens is 627 g/mol. The molecule has 0 N–H and O–H groups in total. The van der Waals surface area contributed by atoms with Gasteiger partial charge in [-0.15, -0.1) is 0 Å². The summed E-state index contributed by atoms with van der Waals surface area (Å²) in [5.41, 5.74) is 2.98. The fraction of sp³-hybridized carbons (Fsp3) is 0.242. The number of sulfone groups is 1. The summed E-state index contributed by atoms with van der Waals surface area (Å²) in [4.78, 5) is 11.6. The van der Waals surface area contributed by atoms with Crippen LogP contribution >= 0.6 is 0 Å². The first kappa shape index (κ1) is 33.9. The highest BCUT2D eigenvalue weighted by molar-refractivity contribution is 7.92. The van der Waals surface area contributed by atoms with Gasteiger partial charge in [0.05, 0.1) is 22.5 Å². The molecule has 0 aliphatic carbocycles. The molecule has 7 nitrogen and oxygen atoms in total. The monoisotopic (exact) mass is 659 g/mol. The molecule has 4 rings (SSSR count). The van der Waals surface area contributed by atoms with Crippen molar-refractivity contribution in [3.8, 4) is 11.1 Å². The molecule has 0 bridgehead atoms. The normalized spacial score (nSPS) is 12.4. The van der Waals surface area contributed by atoms with Crippen molar-refractivity contribution in [3.05, 3.63) is 118 Å². The number of hydrogen-bond acceptors (Lipinski definition) is 6. The Morgan fingerprint density at radius 3 is 1.96 bits per heavy atom. The van der Waals surface area contributed by atoms with Crippen molar-refractivity contribution < 1.29 is 39.5 Å². The van der Waals surface area contributed by atoms with E-state index in [0.29, 0.717) is 27.8 Å². The molecule has 4 aromatic carbocycles. The number of aryl methyl sites for hydroxylation is 3. The van der Waals surface area contributed by atoms with Crippen molar-refractivity contribution in [2.45, 2.75) is 49.8 Å². The Balaban J connectivity index is 1.70. The topological polar surface area (TPSA) is 97.8 Å². The minimum Gasteiger partial charge on any atom is -0.468 e. The fourth-order valence-electron chi connectivity index (χ4n) is 5.15. The molecule has 45 heavy (non-hydrogen) atoms. The number of benzene rings is 4. The van der Waals surface area contributed by atoms with Crippen LogP contribution in [0, 0.1) is 20.8 Å². The zero-order valence-electron chi connectivity index (χ0n) is 25.1. The lowest BCUT2D eigenvalue weighted by atomic mass is 10.0. The summed E-state index contributed by atoms with van der Waals surface area (Å²) in [6.07, 6.45) is -4.59. The molecule has 0 heterocycles. The molecule has 0 atom stereocenters. The van der Waals surface area contributed by atoms with Gasteiger partial charge < -0.3 is 4.74 Å². The standard InChI is InChI=1S/C33H32F3NO6S2/c1-22-15-23(2)32(24(3)16-22)45(41,42)37(20-26-7-5-9-29(17-26)33(34,35)36)19-25-11-13-27(14-12-25)28-8-6-10-30(18-28)44(39,40)21-31(38)43-4/h5-18H,19-21H2,1-4H3. The fourth-order valence-corrected chi connectivity index (χ4v) is 8.17. The molecule has 0 amide bonds. The highest BCUT2D eigenvalue weighted by Gasteiger charge is 2.32. The van der Waals surface area contributed by atoms with Gasteiger partial charge in [-0.25, -0.2) is 16.8 Å². The molecule has 0 spiro atoms. The molecule has 4 aromatic rings. The molecule has 12 heteroatoms. The lowest BCUT2D eigenvalue weighted by Crippen LogP contribution is -2.31. The van der Waals surface area contributed by atoms with E-state index >= 15 is 0 Å². The van der Waals surface area contributed by atoms with Crippen LogP contribution in [0.3, 0.4) is 0 Å². The van der Waals surface area contributed by atoms with Crippen molar-refractivity contribution in [2.24, 2.45) is 0 Å². The van der Waals surface area contributed by atoms with Gasteiger partial charge in [0, 0.05) is 13.1 Å². The van der Waals surface area contributed by atoms with E-state index in [1.807, 2.05) is 6.92 Å². The molecular formula is C33H32F3NO6S2. The van der Waals surface area contributed by atoms with E-state index < -0.39 is 43.3 Å². The molecule has 0 aromatic heterocycles. The maximum atomic E-state index is 14.1. The van der Waals surface area contributed by atoms with Crippen LogP contribution in [-0.4, -0.2) is 40.0 Å². The van der Waals surface area contributed by atoms with Crippen LogP contribution in [0.5, 0.6) is 0 Å². The van der Waals surface area contributed by atoms with Crippen LogP contribution in [0.2, 0.25) is 0 Å². The minimum absolute atomic E-state index is 0.0586. The average molecular weight is 660 g/mol. The van der Waals surface area contributed by atoms with Crippen LogP contribution < -0.4 is 0 Å². The molecule has 0 saturated heterocycles. The Morgan fingerprint density at radius 2 is 1.36 bits per heavy atom. The number of carbonyl (C=O) groups is 1. The first-order chi connectivity index (χ1) is 21.0. The van der Waals surface area contributed by atoms with E-state index in [4.69, 9.17) is 0 Å². The Labute approximate surface area is 261 Å². The molecule has 0 radical (unpaired) electrons. The third-order valence-electron chi connectivity index (χ3n) is 7.19. The Bertz CT molecular complexity index is 1910. The number of methoxy groups -OCH3 is 1. The van der Waals surface area contributed by atoms with E-state index in [9.17, 15) is 34.8 Å². The Kier molecular flexibility index (Phi) is 9.91. The highest BCUT2D eigenvalue weighted by Crippen LogP contribution is 2.32. The van der Waals surface area contributed by atoms with Gasteiger partial charge in [0.2, 0.25) is 10.0 Å². The summed E-state index contributed by atoms with van der Waals surface area (Å²) in [5.74, 6) is -1.69. The van der Waals surface area contributed by atoms with Gasteiger partial charge in [-0.05, 0) is 72.4 Å². The van der Waals surface area contributed by atoms with Crippen molar-refractivity contribution in [3.63, 3.8) is 0 Å². The predicted octanol–water partition coefficient (Wildman–Crippen LogP) is 6.64. The number of alkyl halides is 3. The number of hydrogen-bond donors (Lipinski definition) is 0. The summed E-state index contributed by atoms with van der Waals surface area (Å²) < 4.78 is 99.5. The Hall–Kier alpha value is -4.00. The van der Waals surface area contributed by atoms with Gasteiger partial charge in [0.15, 0.2) is 15.6 Å². The van der Waals surface area contributed by atoms with Gasteiger partial charge in [-0.2, -0.15) is 17.5 Å². The first-order valence-electron chi connectivity index (χ1n) is 13.7. The predicted molar refractivity (Wildman–Crippen MR) is 164 cm³/mol. The number of esters is 1. The number of nitrogens with zero attached hydrogens (tertiary/aromatic N) is 1. The zero-order chi connectivity index (χ0) is 33.2. The van der Waals surface area contributed by atoms with E-state index in [0.717, 1.165) is 29.1 Å². The minimum atomic E-state index is -4.59. The first-order valence-corrected chi connectivity index (χ1v) is 16.8. The number of rotatable bonds is 10. The molecule has 0 fully saturated rings. The van der Waals surface area contributed by atoms with E-state index in [-0.39, 0.29) is 28.4 Å². The van der Waals surface area contributed by atoms with Gasteiger partial charge >= 0.3 is 12.1 Å². The zero-order valence-corrected chi connectivity index (χ0v) is 26.7. The number of sulfonamides is 1. The summed E-state index contributed by atoms with van der Waals surface area (Å²) in [6, 6.07) is 20.9. The second-order valence-corrected chi connectivity index (χ2v) is 14.6. The van der Waals surface area contributed by atoms with Gasteiger partial charge in [0.25, 0.3) is 0 Å². The summed E-state index contributed by atoms with van der Waals surface area (Å²) in [6.45, 7) is 4.77. The smallest absolute Gasteiger partial charge is 0.416 e. The van der Waals surface area contributed by atoms with Crippen LogP contribution in [0.15, 0.2) is 94.7 Å². The van der Waals surface area contributed by atoms with Crippen molar-refractivity contribution in [1.29, 1.82) is 0 Å². The second-order valence-electron chi connectivity index (χ2n) is 10.8. The molecule has 0 aliphatic rings. The van der Waals surface area contributed by atoms with Crippen LogP contribution in [-0.2, 0) is 48.7 Å².